The summed E-state index contributed by atoms with van der Waals surface area (Å²) in [7, 11) is 0. The Balaban J connectivity index is 1.65. The van der Waals surface area contributed by atoms with Crippen LogP contribution in [0.5, 0.6) is 5.75 Å². The number of aryl methyl sites for hydroxylation is 1. The number of ether oxygens (including phenoxy) is 1. The van der Waals surface area contributed by atoms with Crippen LogP contribution in [-0.4, -0.2) is 32.3 Å². The lowest BCUT2D eigenvalue weighted by molar-refractivity contribution is -0.274. The van der Waals surface area contributed by atoms with E-state index in [1.807, 2.05) is 31.2 Å². The number of rotatable bonds is 6. The molecule has 1 atom stereocenters. The standard InChI is InChI=1S/C19H17F3N4O2S/c1-12-5-3-4-6-16(12)26-11-23-25-18(26)29-13(2)17(27)24-14-7-9-15(10-8-14)28-19(20,21)22/h3-11,13H,1-2H3,(H,24,27). The summed E-state index contributed by atoms with van der Waals surface area (Å²) in [5.74, 6) is -0.678. The molecular formula is C19H17F3N4O2S. The molecule has 1 N–H and O–H groups in total. The number of benzene rings is 2. The fourth-order valence-corrected chi connectivity index (χ4v) is 3.33. The Labute approximate surface area is 169 Å². The lowest BCUT2D eigenvalue weighted by atomic mass is 10.2. The summed E-state index contributed by atoms with van der Waals surface area (Å²) >= 11 is 1.22. The molecule has 0 fully saturated rings. The van der Waals surface area contributed by atoms with E-state index in [4.69, 9.17) is 0 Å². The molecule has 0 saturated heterocycles. The van der Waals surface area contributed by atoms with Crippen molar-refractivity contribution in [2.45, 2.75) is 30.6 Å². The Kier molecular flexibility index (Phi) is 6.12. The molecular weight excluding hydrogens is 405 g/mol. The number of carbonyl (C=O) groups excluding carboxylic acids is 1. The minimum atomic E-state index is -4.76. The first-order chi connectivity index (χ1) is 13.7. The molecule has 0 bridgehead atoms. The number of alkyl halides is 3. The minimum absolute atomic E-state index is 0.321. The lowest BCUT2D eigenvalue weighted by Crippen LogP contribution is -2.23. The SMILES string of the molecule is Cc1ccccc1-n1cnnc1SC(C)C(=O)Nc1ccc(OC(F)(F)F)cc1. The molecule has 1 aromatic heterocycles. The Morgan fingerprint density at radius 3 is 2.52 bits per heavy atom. The van der Waals surface area contributed by atoms with E-state index >= 15 is 0 Å². The first-order valence-corrected chi connectivity index (χ1v) is 9.40. The first kappa shape index (κ1) is 20.7. The van der Waals surface area contributed by atoms with Crippen molar-refractivity contribution in [1.29, 1.82) is 0 Å². The van der Waals surface area contributed by atoms with Crippen LogP contribution in [0.15, 0.2) is 60.0 Å². The second-order valence-electron chi connectivity index (χ2n) is 6.09. The Hall–Kier alpha value is -3.01. The van der Waals surface area contributed by atoms with Gasteiger partial charge in [-0.25, -0.2) is 0 Å². The average Bonchev–Trinajstić information content (AvgIpc) is 3.10. The molecule has 1 amide bonds. The molecule has 1 heterocycles. The highest BCUT2D eigenvalue weighted by atomic mass is 32.2. The number of halogens is 3. The van der Waals surface area contributed by atoms with Crippen molar-refractivity contribution in [2.24, 2.45) is 0 Å². The van der Waals surface area contributed by atoms with Crippen molar-refractivity contribution in [3.8, 4) is 11.4 Å². The van der Waals surface area contributed by atoms with E-state index in [-0.39, 0.29) is 11.7 Å². The van der Waals surface area contributed by atoms with Crippen LogP contribution < -0.4 is 10.1 Å². The Morgan fingerprint density at radius 1 is 1.17 bits per heavy atom. The van der Waals surface area contributed by atoms with E-state index in [9.17, 15) is 18.0 Å². The van der Waals surface area contributed by atoms with Crippen LogP contribution in [0.3, 0.4) is 0 Å². The summed E-state index contributed by atoms with van der Waals surface area (Å²) in [6.07, 6.45) is -3.18. The highest BCUT2D eigenvalue weighted by Gasteiger charge is 2.31. The van der Waals surface area contributed by atoms with E-state index in [0.29, 0.717) is 10.8 Å². The van der Waals surface area contributed by atoms with Crippen LogP contribution in [0.1, 0.15) is 12.5 Å². The second-order valence-corrected chi connectivity index (χ2v) is 7.40. The number of aromatic nitrogens is 3. The monoisotopic (exact) mass is 422 g/mol. The zero-order valence-electron chi connectivity index (χ0n) is 15.5. The van der Waals surface area contributed by atoms with E-state index in [0.717, 1.165) is 23.4 Å². The van der Waals surface area contributed by atoms with Crippen LogP contribution in [0, 0.1) is 6.92 Å². The normalized spacial score (nSPS) is 12.4. The van der Waals surface area contributed by atoms with E-state index < -0.39 is 11.6 Å². The summed E-state index contributed by atoms with van der Waals surface area (Å²) in [6.45, 7) is 3.67. The molecule has 152 valence electrons. The molecule has 3 aromatic rings. The van der Waals surface area contributed by atoms with Crippen LogP contribution in [-0.2, 0) is 4.79 Å². The fourth-order valence-electron chi connectivity index (χ4n) is 2.50. The minimum Gasteiger partial charge on any atom is -0.406 e. The van der Waals surface area contributed by atoms with Gasteiger partial charge in [-0.2, -0.15) is 0 Å². The van der Waals surface area contributed by atoms with Gasteiger partial charge in [0.25, 0.3) is 0 Å². The largest absolute Gasteiger partial charge is 0.573 e. The smallest absolute Gasteiger partial charge is 0.406 e. The number of hydrogen-bond donors (Lipinski definition) is 1. The number of nitrogens with one attached hydrogen (secondary N) is 1. The third kappa shape index (κ3) is 5.50. The maximum absolute atomic E-state index is 12.5. The third-order valence-corrected chi connectivity index (χ3v) is 4.96. The van der Waals surface area contributed by atoms with E-state index in [2.05, 4.69) is 20.3 Å². The Bertz CT molecular complexity index is 990. The quantitative estimate of drug-likeness (QED) is 0.589. The average molecular weight is 422 g/mol. The first-order valence-electron chi connectivity index (χ1n) is 8.52. The maximum Gasteiger partial charge on any atom is 0.573 e. The summed E-state index contributed by atoms with van der Waals surface area (Å²) < 4.78 is 42.2. The fraction of sp³-hybridized carbons (Fsp3) is 0.211. The molecule has 0 aliphatic carbocycles. The molecule has 0 aliphatic rings. The number of hydrogen-bond acceptors (Lipinski definition) is 5. The molecule has 29 heavy (non-hydrogen) atoms. The van der Waals surface area contributed by atoms with Gasteiger partial charge in [0.1, 0.15) is 12.1 Å². The zero-order valence-corrected chi connectivity index (χ0v) is 16.3. The molecule has 10 heteroatoms. The third-order valence-electron chi connectivity index (χ3n) is 3.90. The number of para-hydroxylation sites is 1. The summed E-state index contributed by atoms with van der Waals surface area (Å²) in [5.41, 5.74) is 2.30. The number of carbonyl (C=O) groups is 1. The van der Waals surface area contributed by atoms with Gasteiger partial charge >= 0.3 is 6.36 Å². The number of anilines is 1. The molecule has 0 saturated carbocycles. The summed E-state index contributed by atoms with van der Waals surface area (Å²) in [4.78, 5) is 12.5. The predicted octanol–water partition coefficient (Wildman–Crippen LogP) is 4.59. The molecule has 0 aliphatic heterocycles. The van der Waals surface area contributed by atoms with E-state index in [1.165, 1.54) is 23.9 Å². The molecule has 6 nitrogen and oxygen atoms in total. The lowest BCUT2D eigenvalue weighted by Gasteiger charge is -2.14. The van der Waals surface area contributed by atoms with Crippen molar-refractivity contribution in [3.05, 3.63) is 60.4 Å². The number of thioether (sulfide) groups is 1. The molecule has 2 aromatic carbocycles. The molecule has 0 spiro atoms. The van der Waals surface area contributed by atoms with Gasteiger partial charge in [-0.3, -0.25) is 9.36 Å². The van der Waals surface area contributed by atoms with E-state index in [1.54, 1.807) is 17.8 Å². The van der Waals surface area contributed by atoms with Gasteiger partial charge in [-0.1, -0.05) is 30.0 Å². The zero-order chi connectivity index (χ0) is 21.0. The van der Waals surface area contributed by atoms with Gasteiger partial charge < -0.3 is 10.1 Å². The van der Waals surface area contributed by atoms with Gasteiger partial charge in [0.15, 0.2) is 5.16 Å². The van der Waals surface area contributed by atoms with Crippen molar-refractivity contribution < 1.29 is 22.7 Å². The van der Waals surface area contributed by atoms with Crippen molar-refractivity contribution >= 4 is 23.4 Å². The summed E-state index contributed by atoms with van der Waals surface area (Å²) in [6, 6.07) is 12.7. The topological polar surface area (TPSA) is 69.0 Å². The number of nitrogens with zero attached hydrogens (tertiary/aromatic N) is 3. The van der Waals surface area contributed by atoms with Crippen molar-refractivity contribution in [1.82, 2.24) is 14.8 Å². The summed E-state index contributed by atoms with van der Waals surface area (Å²) in [5, 5.41) is 10.7. The molecule has 3 rings (SSSR count). The van der Waals surface area contributed by atoms with Crippen molar-refractivity contribution in [3.63, 3.8) is 0 Å². The van der Waals surface area contributed by atoms with Crippen LogP contribution in [0.4, 0.5) is 18.9 Å². The van der Waals surface area contributed by atoms with Gasteiger partial charge in [0, 0.05) is 5.69 Å². The van der Waals surface area contributed by atoms with Gasteiger partial charge in [-0.15, -0.1) is 23.4 Å². The predicted molar refractivity (Wildman–Crippen MR) is 103 cm³/mol. The molecule has 1 unspecified atom stereocenters. The molecule has 0 radical (unpaired) electrons. The highest BCUT2D eigenvalue weighted by molar-refractivity contribution is 8.00. The highest BCUT2D eigenvalue weighted by Crippen LogP contribution is 2.27. The van der Waals surface area contributed by atoms with Gasteiger partial charge in [0.2, 0.25) is 5.91 Å². The number of amides is 1. The van der Waals surface area contributed by atoms with Crippen LogP contribution in [0.2, 0.25) is 0 Å². The van der Waals surface area contributed by atoms with Crippen LogP contribution >= 0.6 is 11.8 Å². The van der Waals surface area contributed by atoms with Crippen molar-refractivity contribution in [2.75, 3.05) is 5.32 Å². The maximum atomic E-state index is 12.5. The second kappa shape index (κ2) is 8.56. The van der Waals surface area contributed by atoms with Crippen LogP contribution in [0.25, 0.3) is 5.69 Å². The Morgan fingerprint density at radius 2 is 1.86 bits per heavy atom. The van der Waals surface area contributed by atoms with Gasteiger partial charge in [0.05, 0.1) is 10.9 Å². The van der Waals surface area contributed by atoms with Gasteiger partial charge in [-0.05, 0) is 49.7 Å².